The fourth-order valence-electron chi connectivity index (χ4n) is 1.61. The molecule has 4 N–H and O–H groups in total. The molecule has 1 aliphatic carbocycles. The lowest BCUT2D eigenvalue weighted by Crippen LogP contribution is -2.41. The molecule has 4 nitrogen and oxygen atoms in total. The number of hydrogen-bond acceptors (Lipinski definition) is 2. The number of primary amides is 1. The van der Waals surface area contributed by atoms with E-state index in [1.54, 1.807) is 0 Å². The molecule has 0 unspecified atom stereocenters. The highest BCUT2D eigenvalue weighted by atomic mass is 32.1. The van der Waals surface area contributed by atoms with E-state index in [2.05, 4.69) is 10.6 Å². The van der Waals surface area contributed by atoms with E-state index < -0.39 is 0 Å². The number of rotatable bonds is 4. The predicted octanol–water partition coefficient (Wildman–Crippen LogP) is 0.268. The lowest BCUT2D eigenvalue weighted by molar-refractivity contribution is -0.117. The molecule has 0 aromatic rings. The zero-order valence-electron chi connectivity index (χ0n) is 8.21. The summed E-state index contributed by atoms with van der Waals surface area (Å²) >= 11 is 5.07. The van der Waals surface area contributed by atoms with Gasteiger partial charge in [-0.1, -0.05) is 12.8 Å². The minimum Gasteiger partial charge on any atom is -0.370 e. The summed E-state index contributed by atoms with van der Waals surface area (Å²) in [5.74, 6) is -0.304. The second kappa shape index (κ2) is 5.80. The van der Waals surface area contributed by atoms with Crippen LogP contribution in [0.2, 0.25) is 0 Å². The molecule has 1 rings (SSSR count). The first-order chi connectivity index (χ1) is 6.68. The molecule has 0 heterocycles. The zero-order valence-corrected chi connectivity index (χ0v) is 9.03. The van der Waals surface area contributed by atoms with Gasteiger partial charge in [-0.15, -0.1) is 0 Å². The van der Waals surface area contributed by atoms with Gasteiger partial charge in [0.1, 0.15) is 0 Å². The Kier molecular flexibility index (Phi) is 4.65. The Morgan fingerprint density at radius 1 is 1.43 bits per heavy atom. The van der Waals surface area contributed by atoms with Crippen molar-refractivity contribution in [1.82, 2.24) is 10.6 Å². The summed E-state index contributed by atoms with van der Waals surface area (Å²) in [6.07, 6.45) is 5.27. The van der Waals surface area contributed by atoms with E-state index in [4.69, 9.17) is 18.0 Å². The Morgan fingerprint density at radius 2 is 2.07 bits per heavy atom. The Labute approximate surface area is 89.6 Å². The maximum absolute atomic E-state index is 10.4. The van der Waals surface area contributed by atoms with Crippen molar-refractivity contribution in [3.8, 4) is 0 Å². The van der Waals surface area contributed by atoms with E-state index in [0.717, 1.165) is 0 Å². The molecule has 1 amide bonds. The fraction of sp³-hybridized carbons (Fsp3) is 0.778. The highest BCUT2D eigenvalue weighted by molar-refractivity contribution is 7.80. The van der Waals surface area contributed by atoms with Crippen molar-refractivity contribution in [2.75, 3.05) is 6.54 Å². The van der Waals surface area contributed by atoms with Gasteiger partial charge >= 0.3 is 0 Å². The second-order valence-corrected chi connectivity index (χ2v) is 4.01. The van der Waals surface area contributed by atoms with Crippen LogP contribution in [-0.4, -0.2) is 23.6 Å². The van der Waals surface area contributed by atoms with Gasteiger partial charge in [-0.3, -0.25) is 4.79 Å². The van der Waals surface area contributed by atoms with Crippen LogP contribution in [0.3, 0.4) is 0 Å². The second-order valence-electron chi connectivity index (χ2n) is 3.60. The summed E-state index contributed by atoms with van der Waals surface area (Å²) in [7, 11) is 0. The van der Waals surface area contributed by atoms with Gasteiger partial charge in [0, 0.05) is 19.0 Å². The van der Waals surface area contributed by atoms with Gasteiger partial charge in [0.05, 0.1) is 0 Å². The summed E-state index contributed by atoms with van der Waals surface area (Å²) in [6.45, 7) is 0.522. The predicted molar refractivity (Wildman–Crippen MR) is 59.8 cm³/mol. The van der Waals surface area contributed by atoms with Crippen molar-refractivity contribution in [2.24, 2.45) is 5.73 Å². The quantitative estimate of drug-likeness (QED) is 0.589. The molecule has 80 valence electrons. The number of hydrogen-bond donors (Lipinski definition) is 3. The standard InChI is InChI=1S/C9H17N3OS/c10-8(13)5-6-11-9(14)12-7-3-1-2-4-7/h7H,1-6H2,(H2,10,13)(H2,11,12,14). The molecule has 1 saturated carbocycles. The SMILES string of the molecule is NC(=O)CCNC(=S)NC1CCCC1. The first-order valence-electron chi connectivity index (χ1n) is 5.01. The Hall–Kier alpha value is -0.840. The number of thiocarbonyl (C=S) groups is 1. The van der Waals surface area contributed by atoms with Gasteiger partial charge in [0.15, 0.2) is 5.11 Å². The average molecular weight is 215 g/mol. The molecule has 1 aliphatic rings. The molecule has 0 aliphatic heterocycles. The van der Waals surface area contributed by atoms with Crippen LogP contribution in [0.15, 0.2) is 0 Å². The number of amides is 1. The Balaban J connectivity index is 2.06. The van der Waals surface area contributed by atoms with Gasteiger partial charge in [-0.2, -0.15) is 0 Å². The van der Waals surface area contributed by atoms with Crippen LogP contribution in [0.4, 0.5) is 0 Å². The molecule has 0 radical (unpaired) electrons. The van der Waals surface area contributed by atoms with E-state index >= 15 is 0 Å². The third kappa shape index (κ3) is 4.41. The van der Waals surface area contributed by atoms with Crippen molar-refractivity contribution < 1.29 is 4.79 Å². The van der Waals surface area contributed by atoms with Gasteiger partial charge < -0.3 is 16.4 Å². The fourth-order valence-corrected chi connectivity index (χ4v) is 1.87. The lowest BCUT2D eigenvalue weighted by atomic mass is 10.3. The summed E-state index contributed by atoms with van der Waals surface area (Å²) in [5.41, 5.74) is 5.00. The summed E-state index contributed by atoms with van der Waals surface area (Å²) in [4.78, 5) is 10.4. The van der Waals surface area contributed by atoms with E-state index in [9.17, 15) is 4.79 Å². The smallest absolute Gasteiger partial charge is 0.219 e. The monoisotopic (exact) mass is 215 g/mol. The van der Waals surface area contributed by atoms with Gasteiger partial charge in [0.2, 0.25) is 5.91 Å². The topological polar surface area (TPSA) is 67.2 Å². The van der Waals surface area contributed by atoms with E-state index in [-0.39, 0.29) is 5.91 Å². The number of nitrogens with two attached hydrogens (primary N) is 1. The van der Waals surface area contributed by atoms with Crippen molar-refractivity contribution in [2.45, 2.75) is 38.1 Å². The molecule has 0 bridgehead atoms. The number of nitrogens with one attached hydrogen (secondary N) is 2. The van der Waals surface area contributed by atoms with Crippen LogP contribution in [-0.2, 0) is 4.79 Å². The van der Waals surface area contributed by atoms with Gasteiger partial charge in [0.25, 0.3) is 0 Å². The van der Waals surface area contributed by atoms with E-state index in [0.29, 0.717) is 24.1 Å². The van der Waals surface area contributed by atoms with Crippen LogP contribution >= 0.6 is 12.2 Å². The maximum Gasteiger partial charge on any atom is 0.219 e. The lowest BCUT2D eigenvalue weighted by Gasteiger charge is -2.15. The van der Waals surface area contributed by atoms with Crippen molar-refractivity contribution in [1.29, 1.82) is 0 Å². The molecule has 0 spiro atoms. The average Bonchev–Trinajstić information content (AvgIpc) is 2.56. The van der Waals surface area contributed by atoms with Gasteiger partial charge in [-0.25, -0.2) is 0 Å². The maximum atomic E-state index is 10.4. The highest BCUT2D eigenvalue weighted by Crippen LogP contribution is 2.17. The molecule has 0 aromatic carbocycles. The molecule has 0 saturated heterocycles. The third-order valence-corrected chi connectivity index (χ3v) is 2.61. The minimum absolute atomic E-state index is 0.304. The molecular formula is C9H17N3OS. The largest absolute Gasteiger partial charge is 0.370 e. The molecule has 0 aromatic heterocycles. The molecule has 1 fully saturated rings. The summed E-state index contributed by atoms with van der Waals surface area (Å²) < 4.78 is 0. The molecular weight excluding hydrogens is 198 g/mol. The Bertz CT molecular complexity index is 214. The van der Waals surface area contributed by atoms with Crippen molar-refractivity contribution in [3.05, 3.63) is 0 Å². The Morgan fingerprint density at radius 3 is 2.64 bits per heavy atom. The third-order valence-electron chi connectivity index (χ3n) is 2.35. The molecule has 5 heteroatoms. The molecule has 0 atom stereocenters. The number of carbonyl (C=O) groups is 1. The highest BCUT2D eigenvalue weighted by Gasteiger charge is 2.14. The minimum atomic E-state index is -0.304. The number of carbonyl (C=O) groups excluding carboxylic acids is 1. The molecule has 14 heavy (non-hydrogen) atoms. The van der Waals surface area contributed by atoms with Crippen LogP contribution in [0.5, 0.6) is 0 Å². The van der Waals surface area contributed by atoms with Crippen LogP contribution < -0.4 is 16.4 Å². The van der Waals surface area contributed by atoms with Crippen molar-refractivity contribution >= 4 is 23.2 Å². The summed E-state index contributed by atoms with van der Waals surface area (Å²) in [5, 5.41) is 6.82. The normalized spacial score (nSPS) is 16.6. The van der Waals surface area contributed by atoms with Crippen LogP contribution in [0.25, 0.3) is 0 Å². The zero-order chi connectivity index (χ0) is 10.4. The summed E-state index contributed by atoms with van der Waals surface area (Å²) in [6, 6.07) is 0.517. The van der Waals surface area contributed by atoms with Crippen LogP contribution in [0, 0.1) is 0 Å². The van der Waals surface area contributed by atoms with Crippen LogP contribution in [0.1, 0.15) is 32.1 Å². The first-order valence-corrected chi connectivity index (χ1v) is 5.42. The van der Waals surface area contributed by atoms with E-state index in [1.807, 2.05) is 0 Å². The van der Waals surface area contributed by atoms with Crippen molar-refractivity contribution in [3.63, 3.8) is 0 Å². The first kappa shape index (κ1) is 11.2. The van der Waals surface area contributed by atoms with E-state index in [1.165, 1.54) is 25.7 Å². The van der Waals surface area contributed by atoms with Gasteiger partial charge in [-0.05, 0) is 25.1 Å².